The van der Waals surface area contributed by atoms with Crippen LogP contribution >= 0.6 is 13.5 Å². The van der Waals surface area contributed by atoms with Crippen LogP contribution in [0, 0.1) is 6.92 Å². The van der Waals surface area contributed by atoms with E-state index < -0.39 is 41.0 Å². The van der Waals surface area contributed by atoms with Gasteiger partial charge in [-0.3, -0.25) is 14.5 Å². The van der Waals surface area contributed by atoms with Gasteiger partial charge < -0.3 is 9.84 Å². The van der Waals surface area contributed by atoms with Gasteiger partial charge in [-0.1, -0.05) is 17.3 Å². The number of nitrogens with one attached hydrogen (secondary N) is 1. The molecule has 37 heavy (non-hydrogen) atoms. The highest BCUT2D eigenvalue weighted by Crippen LogP contribution is 2.40. The first-order valence-corrected chi connectivity index (χ1v) is 10.4. The lowest BCUT2D eigenvalue weighted by molar-refractivity contribution is -0.143. The molecule has 1 N–H and O–H groups in total. The second kappa shape index (κ2) is 10.3. The third kappa shape index (κ3) is 5.96. The lowest BCUT2D eigenvalue weighted by Gasteiger charge is -2.20. The Morgan fingerprint density at radius 3 is 2.41 bits per heavy atom. The highest BCUT2D eigenvalue weighted by molar-refractivity contribution is 7.59. The van der Waals surface area contributed by atoms with Gasteiger partial charge in [-0.2, -0.15) is 44.9 Å². The Bertz CT molecular complexity index is 1400. The van der Waals surface area contributed by atoms with E-state index in [0.717, 1.165) is 10.7 Å². The number of hydrogen-bond donors (Lipinski definition) is 1. The minimum atomic E-state index is -5.03. The summed E-state index contributed by atoms with van der Waals surface area (Å²) in [5.41, 5.74) is -2.41. The maximum atomic E-state index is 13.6. The fourth-order valence-corrected chi connectivity index (χ4v) is 3.49. The second-order valence-electron chi connectivity index (χ2n) is 7.83. The number of benzene rings is 1. The molecule has 3 aromatic heterocycles. The molecule has 0 fully saturated rings. The van der Waals surface area contributed by atoms with E-state index in [4.69, 9.17) is 4.52 Å². The van der Waals surface area contributed by atoms with Crippen LogP contribution in [0.25, 0.3) is 11.5 Å². The van der Waals surface area contributed by atoms with Crippen molar-refractivity contribution in [3.05, 3.63) is 82.9 Å². The number of hydrogen-bond acceptors (Lipinski definition) is 5. The molecule has 4 aromatic rings. The number of aryl methyl sites for hydroxylation is 1. The van der Waals surface area contributed by atoms with Crippen LogP contribution in [0.1, 0.15) is 45.8 Å². The Morgan fingerprint density at radius 2 is 1.78 bits per heavy atom. The molecule has 0 aliphatic rings. The molecule has 1 aromatic carbocycles. The van der Waals surface area contributed by atoms with Crippen molar-refractivity contribution in [1.82, 2.24) is 19.9 Å². The van der Waals surface area contributed by atoms with Crippen molar-refractivity contribution in [1.29, 1.82) is 0 Å². The Balaban J connectivity index is 0.00000380. The number of halogens is 6. The van der Waals surface area contributed by atoms with E-state index in [0.29, 0.717) is 11.8 Å². The zero-order valence-electron chi connectivity index (χ0n) is 19.1. The van der Waals surface area contributed by atoms with Gasteiger partial charge in [0, 0.05) is 18.5 Å². The summed E-state index contributed by atoms with van der Waals surface area (Å²) in [4.78, 5) is 16.7. The standard InChI is InChI=1S/C23H17F6N5O2.H2S/c1-12-19(31-21(35)18-10-20(36-33-18)17-5-3-4-8-30-17)11-34(32-12)13(2)15-7-6-14(22(24,25)26)9-16(15)23(27,28)29;/h3-11,13H,1-2H3,(H,31,35);1H2/t13-;/m0./s1. The molecular weight excluding hydrogens is 524 g/mol. The minimum absolute atomic E-state index is 0. The van der Waals surface area contributed by atoms with Crippen LogP contribution in [0.4, 0.5) is 32.0 Å². The summed E-state index contributed by atoms with van der Waals surface area (Å²) in [6.07, 6.45) is -7.13. The van der Waals surface area contributed by atoms with E-state index in [2.05, 4.69) is 20.6 Å². The summed E-state index contributed by atoms with van der Waals surface area (Å²) >= 11 is 0. The smallest absolute Gasteiger partial charge is 0.354 e. The highest BCUT2D eigenvalue weighted by atomic mass is 32.1. The third-order valence-corrected chi connectivity index (χ3v) is 5.36. The summed E-state index contributed by atoms with van der Waals surface area (Å²) in [5, 5.41) is 10.4. The van der Waals surface area contributed by atoms with Gasteiger partial charge in [0.2, 0.25) is 0 Å². The van der Waals surface area contributed by atoms with Gasteiger partial charge in [-0.25, -0.2) is 0 Å². The average molecular weight is 543 g/mol. The molecule has 7 nitrogen and oxygen atoms in total. The zero-order valence-corrected chi connectivity index (χ0v) is 20.1. The van der Waals surface area contributed by atoms with E-state index in [1.165, 1.54) is 32.3 Å². The normalized spacial score (nSPS) is 12.6. The SMILES string of the molecule is Cc1nn([C@@H](C)c2ccc(C(F)(F)F)cc2C(F)(F)F)cc1NC(=O)c1cc(-c2ccccn2)on1.S. The predicted octanol–water partition coefficient (Wildman–Crippen LogP) is 6.25. The van der Waals surface area contributed by atoms with Crippen molar-refractivity contribution in [2.24, 2.45) is 0 Å². The third-order valence-electron chi connectivity index (χ3n) is 5.36. The molecule has 0 spiro atoms. The van der Waals surface area contributed by atoms with Crippen molar-refractivity contribution in [2.45, 2.75) is 32.2 Å². The number of nitrogens with zero attached hydrogens (tertiary/aromatic N) is 4. The van der Waals surface area contributed by atoms with Gasteiger partial charge >= 0.3 is 12.4 Å². The van der Waals surface area contributed by atoms with Crippen LogP contribution in [-0.4, -0.2) is 25.8 Å². The fraction of sp³-hybridized carbons (Fsp3) is 0.217. The zero-order chi connectivity index (χ0) is 26.3. The number of carbonyl (C=O) groups is 1. The summed E-state index contributed by atoms with van der Waals surface area (Å²) in [6.45, 7) is 2.87. The minimum Gasteiger partial charge on any atom is -0.354 e. The number of rotatable bonds is 5. The molecule has 0 aliphatic carbocycles. The number of amides is 1. The van der Waals surface area contributed by atoms with Crippen molar-refractivity contribution < 1.29 is 35.7 Å². The maximum absolute atomic E-state index is 13.6. The molecule has 4 rings (SSSR count). The summed E-state index contributed by atoms with van der Waals surface area (Å²) in [6, 6.07) is 6.81. The number of aromatic nitrogens is 4. The molecule has 14 heteroatoms. The lowest BCUT2D eigenvalue weighted by Crippen LogP contribution is -2.18. The topological polar surface area (TPSA) is 85.8 Å². The maximum Gasteiger partial charge on any atom is 0.416 e. The van der Waals surface area contributed by atoms with Crippen LogP contribution in [0.15, 0.2) is 59.4 Å². The molecule has 0 unspecified atom stereocenters. The van der Waals surface area contributed by atoms with Gasteiger partial charge in [-0.05, 0) is 43.7 Å². The number of carbonyl (C=O) groups excluding carboxylic acids is 1. The van der Waals surface area contributed by atoms with Gasteiger partial charge in [0.25, 0.3) is 5.91 Å². The lowest BCUT2D eigenvalue weighted by atomic mass is 9.98. The van der Waals surface area contributed by atoms with E-state index in [1.54, 1.807) is 18.2 Å². The van der Waals surface area contributed by atoms with Crippen LogP contribution in [0.5, 0.6) is 0 Å². The molecule has 0 bridgehead atoms. The summed E-state index contributed by atoms with van der Waals surface area (Å²) < 4.78 is 86.0. The van der Waals surface area contributed by atoms with Crippen molar-refractivity contribution in [3.63, 3.8) is 0 Å². The van der Waals surface area contributed by atoms with Crippen molar-refractivity contribution in [2.75, 3.05) is 5.32 Å². The number of pyridine rings is 1. The molecule has 0 aliphatic heterocycles. The average Bonchev–Trinajstić information content (AvgIpc) is 3.45. The molecule has 0 saturated carbocycles. The van der Waals surface area contributed by atoms with Gasteiger partial charge in [0.1, 0.15) is 5.69 Å². The molecule has 0 saturated heterocycles. The van der Waals surface area contributed by atoms with Gasteiger partial charge in [0.15, 0.2) is 11.5 Å². The van der Waals surface area contributed by atoms with Crippen LogP contribution in [-0.2, 0) is 12.4 Å². The molecular formula is C23H19F6N5O2S. The molecule has 1 amide bonds. The number of alkyl halides is 6. The molecule has 3 heterocycles. The van der Waals surface area contributed by atoms with Gasteiger partial charge in [-0.15, -0.1) is 0 Å². The van der Waals surface area contributed by atoms with Crippen LogP contribution in [0.2, 0.25) is 0 Å². The largest absolute Gasteiger partial charge is 0.416 e. The predicted molar refractivity (Wildman–Crippen MR) is 125 cm³/mol. The summed E-state index contributed by atoms with van der Waals surface area (Å²) in [5.74, 6) is -0.412. The highest BCUT2D eigenvalue weighted by Gasteiger charge is 2.39. The molecule has 1 atom stereocenters. The second-order valence-corrected chi connectivity index (χ2v) is 7.83. The first-order valence-electron chi connectivity index (χ1n) is 10.4. The molecule has 196 valence electrons. The van der Waals surface area contributed by atoms with Gasteiger partial charge in [0.05, 0.1) is 28.6 Å². The Labute approximate surface area is 212 Å². The van der Waals surface area contributed by atoms with Crippen LogP contribution < -0.4 is 5.32 Å². The van der Waals surface area contributed by atoms with E-state index in [1.807, 2.05) is 0 Å². The van der Waals surface area contributed by atoms with Crippen molar-refractivity contribution in [3.8, 4) is 11.5 Å². The first kappa shape index (κ1) is 27.8. The molecule has 0 radical (unpaired) electrons. The quantitative estimate of drug-likeness (QED) is 0.301. The fourth-order valence-electron chi connectivity index (χ4n) is 3.49. The van der Waals surface area contributed by atoms with Crippen molar-refractivity contribution >= 4 is 25.1 Å². The van der Waals surface area contributed by atoms with E-state index >= 15 is 0 Å². The van der Waals surface area contributed by atoms with E-state index in [9.17, 15) is 31.1 Å². The van der Waals surface area contributed by atoms with Crippen LogP contribution in [0.3, 0.4) is 0 Å². The first-order chi connectivity index (χ1) is 16.8. The number of anilines is 1. The monoisotopic (exact) mass is 543 g/mol. The Morgan fingerprint density at radius 1 is 1.05 bits per heavy atom. The summed E-state index contributed by atoms with van der Waals surface area (Å²) in [7, 11) is 0. The Kier molecular flexibility index (Phi) is 7.72. The van der Waals surface area contributed by atoms with E-state index in [-0.39, 0.29) is 42.4 Å². The Hall–Kier alpha value is -3.81.